The lowest BCUT2D eigenvalue weighted by Crippen LogP contribution is -2.14. The number of anilines is 1. The average Bonchev–Trinajstić information content (AvgIpc) is 3.16. The zero-order valence-corrected chi connectivity index (χ0v) is 16.4. The van der Waals surface area contributed by atoms with Gasteiger partial charge in [0.15, 0.2) is 0 Å². The highest BCUT2D eigenvalue weighted by atomic mass is 79.9. The van der Waals surface area contributed by atoms with E-state index in [4.69, 9.17) is 10.7 Å². The molecular formula is C17H15BrN2O2S2. The number of carbonyl (C=O) groups is 1. The molecule has 0 fully saturated rings. The number of pyridine rings is 1. The maximum Gasteiger partial charge on any atom is 0.348 e. The Kier molecular flexibility index (Phi) is 3.53. The Labute approximate surface area is 155 Å². The predicted molar refractivity (Wildman–Crippen MR) is 103 cm³/mol. The molecule has 124 valence electrons. The molecule has 24 heavy (non-hydrogen) atoms. The van der Waals surface area contributed by atoms with Crippen molar-refractivity contribution < 1.29 is 9.90 Å². The molecule has 0 amide bonds. The summed E-state index contributed by atoms with van der Waals surface area (Å²) in [5.41, 5.74) is 9.90. The summed E-state index contributed by atoms with van der Waals surface area (Å²) in [7, 11) is 0. The minimum atomic E-state index is -0.994. The maximum absolute atomic E-state index is 11.5. The summed E-state index contributed by atoms with van der Waals surface area (Å²) < 4.78 is 1.01. The van der Waals surface area contributed by atoms with Gasteiger partial charge in [-0.1, -0.05) is 13.8 Å². The second kappa shape index (κ2) is 5.28. The van der Waals surface area contributed by atoms with Gasteiger partial charge in [0.05, 0.1) is 11.4 Å². The van der Waals surface area contributed by atoms with Crippen LogP contribution in [0.1, 0.15) is 41.2 Å². The molecule has 3 aromatic rings. The van der Waals surface area contributed by atoms with Crippen LogP contribution in [-0.2, 0) is 11.8 Å². The van der Waals surface area contributed by atoms with Crippen LogP contribution in [0.2, 0.25) is 0 Å². The lowest BCUT2D eigenvalue weighted by atomic mass is 9.90. The normalized spacial score (nSPS) is 15.8. The van der Waals surface area contributed by atoms with E-state index < -0.39 is 5.97 Å². The summed E-state index contributed by atoms with van der Waals surface area (Å²) in [6, 6.07) is 2.01. The third-order valence-corrected chi connectivity index (χ3v) is 7.60. The monoisotopic (exact) mass is 422 g/mol. The number of rotatable bonds is 2. The third-order valence-electron chi connectivity index (χ3n) is 4.66. The fourth-order valence-corrected chi connectivity index (χ4v) is 6.02. The molecule has 0 aliphatic heterocycles. The Morgan fingerprint density at radius 3 is 2.83 bits per heavy atom. The molecule has 3 heterocycles. The number of nitrogen functional groups attached to an aromatic ring is 1. The van der Waals surface area contributed by atoms with E-state index in [9.17, 15) is 9.90 Å². The van der Waals surface area contributed by atoms with E-state index in [1.165, 1.54) is 16.9 Å². The molecule has 3 N–H and O–H groups in total. The number of nitrogens with two attached hydrogens (primary N) is 1. The van der Waals surface area contributed by atoms with Crippen molar-refractivity contribution in [3.8, 4) is 10.4 Å². The second-order valence-electron chi connectivity index (χ2n) is 6.63. The van der Waals surface area contributed by atoms with Gasteiger partial charge in [0.25, 0.3) is 0 Å². The quantitative estimate of drug-likeness (QED) is 0.587. The molecule has 1 aliphatic carbocycles. The van der Waals surface area contributed by atoms with Crippen molar-refractivity contribution in [3.63, 3.8) is 0 Å². The lowest BCUT2D eigenvalue weighted by molar-refractivity contribution is 0.0703. The van der Waals surface area contributed by atoms with E-state index in [1.807, 2.05) is 11.4 Å². The molecule has 0 saturated heterocycles. The Morgan fingerprint density at radius 1 is 1.46 bits per heavy atom. The molecule has 3 aromatic heterocycles. The van der Waals surface area contributed by atoms with Gasteiger partial charge in [-0.3, -0.25) is 0 Å². The summed E-state index contributed by atoms with van der Waals surface area (Å²) >= 11 is 6.43. The first-order valence-corrected chi connectivity index (χ1v) is 10.0. The number of thiophene rings is 2. The molecule has 0 aromatic carbocycles. The molecule has 0 spiro atoms. The Hall–Kier alpha value is -1.44. The molecule has 0 saturated carbocycles. The van der Waals surface area contributed by atoms with Crippen molar-refractivity contribution in [2.24, 2.45) is 0 Å². The van der Waals surface area contributed by atoms with Crippen molar-refractivity contribution in [1.82, 2.24) is 4.98 Å². The minimum absolute atomic E-state index is 0.00977. The molecule has 0 unspecified atom stereocenters. The first kappa shape index (κ1) is 16.1. The van der Waals surface area contributed by atoms with Gasteiger partial charge in [-0.15, -0.1) is 22.7 Å². The standard InChI is InChI=1S/C17H15BrN2O2S2/c1-17(2)5-3-7-9(12-8(18)4-6-23-12)10-11(19)13(16(21)22)24-15(10)20-14(7)17/h4,6H,3,5,19H2,1-2H3,(H,21,22). The van der Waals surface area contributed by atoms with Crippen LogP contribution in [0.5, 0.6) is 0 Å². The highest BCUT2D eigenvalue weighted by molar-refractivity contribution is 9.10. The zero-order valence-electron chi connectivity index (χ0n) is 13.1. The molecule has 1 aliphatic rings. The van der Waals surface area contributed by atoms with Crippen LogP contribution in [0, 0.1) is 0 Å². The first-order chi connectivity index (χ1) is 11.3. The van der Waals surface area contributed by atoms with Crippen LogP contribution in [0.4, 0.5) is 5.69 Å². The highest BCUT2D eigenvalue weighted by Gasteiger charge is 2.36. The van der Waals surface area contributed by atoms with E-state index in [1.54, 1.807) is 11.3 Å². The molecule has 0 radical (unpaired) electrons. The molecular weight excluding hydrogens is 408 g/mol. The Morgan fingerprint density at radius 2 is 2.21 bits per heavy atom. The number of aromatic carboxylic acids is 1. The van der Waals surface area contributed by atoms with E-state index in [0.29, 0.717) is 10.5 Å². The number of carboxylic acids is 1. The van der Waals surface area contributed by atoms with Crippen LogP contribution in [-0.4, -0.2) is 16.1 Å². The summed E-state index contributed by atoms with van der Waals surface area (Å²) in [6.07, 6.45) is 1.97. The van der Waals surface area contributed by atoms with Crippen molar-refractivity contribution in [3.05, 3.63) is 32.1 Å². The second-order valence-corrected chi connectivity index (χ2v) is 9.40. The van der Waals surface area contributed by atoms with Gasteiger partial charge < -0.3 is 10.8 Å². The average molecular weight is 423 g/mol. The Balaban J connectivity index is 2.19. The molecule has 4 rings (SSSR count). The first-order valence-electron chi connectivity index (χ1n) is 7.53. The van der Waals surface area contributed by atoms with Gasteiger partial charge >= 0.3 is 5.97 Å². The predicted octanol–water partition coefficient (Wildman–Crippen LogP) is 5.29. The van der Waals surface area contributed by atoms with Gasteiger partial charge in [-0.05, 0) is 45.8 Å². The topological polar surface area (TPSA) is 76.2 Å². The van der Waals surface area contributed by atoms with Gasteiger partial charge in [-0.25, -0.2) is 9.78 Å². The highest BCUT2D eigenvalue weighted by Crippen LogP contribution is 2.50. The number of carboxylic acid groups (broad SMARTS) is 1. The van der Waals surface area contributed by atoms with Gasteiger partial charge in [0.2, 0.25) is 0 Å². The van der Waals surface area contributed by atoms with E-state index in [-0.39, 0.29) is 10.3 Å². The Bertz CT molecular complexity index is 1000. The molecule has 0 bridgehead atoms. The molecule has 7 heteroatoms. The van der Waals surface area contributed by atoms with Crippen molar-refractivity contribution in [2.45, 2.75) is 32.1 Å². The van der Waals surface area contributed by atoms with E-state index in [0.717, 1.165) is 38.8 Å². The van der Waals surface area contributed by atoms with E-state index in [2.05, 4.69) is 29.8 Å². The number of hydrogen-bond donors (Lipinski definition) is 2. The largest absolute Gasteiger partial charge is 0.477 e. The van der Waals surface area contributed by atoms with Crippen molar-refractivity contribution in [2.75, 3.05) is 5.73 Å². The summed E-state index contributed by atoms with van der Waals surface area (Å²) in [5.74, 6) is -0.994. The number of hydrogen-bond acceptors (Lipinski definition) is 5. The van der Waals surface area contributed by atoms with Gasteiger partial charge in [0.1, 0.15) is 9.71 Å². The summed E-state index contributed by atoms with van der Waals surface area (Å²) in [4.78, 5) is 18.4. The van der Waals surface area contributed by atoms with Gasteiger partial charge in [0, 0.05) is 25.7 Å². The lowest BCUT2D eigenvalue weighted by Gasteiger charge is -2.18. The van der Waals surface area contributed by atoms with Crippen LogP contribution in [0.25, 0.3) is 20.7 Å². The summed E-state index contributed by atoms with van der Waals surface area (Å²) in [6.45, 7) is 4.39. The van der Waals surface area contributed by atoms with Crippen LogP contribution in [0.15, 0.2) is 15.9 Å². The fraction of sp³-hybridized carbons (Fsp3) is 0.294. The van der Waals surface area contributed by atoms with E-state index >= 15 is 0 Å². The van der Waals surface area contributed by atoms with Crippen LogP contribution in [0.3, 0.4) is 0 Å². The number of aromatic nitrogens is 1. The minimum Gasteiger partial charge on any atom is -0.477 e. The van der Waals surface area contributed by atoms with Crippen LogP contribution >= 0.6 is 38.6 Å². The maximum atomic E-state index is 11.5. The fourth-order valence-electron chi connectivity index (χ4n) is 3.43. The van der Waals surface area contributed by atoms with Crippen molar-refractivity contribution in [1.29, 1.82) is 0 Å². The number of halogens is 1. The van der Waals surface area contributed by atoms with Crippen LogP contribution < -0.4 is 5.73 Å². The third kappa shape index (κ3) is 2.14. The van der Waals surface area contributed by atoms with Gasteiger partial charge in [-0.2, -0.15) is 0 Å². The van der Waals surface area contributed by atoms with Crippen molar-refractivity contribution >= 4 is 60.5 Å². The summed E-state index contributed by atoms with van der Waals surface area (Å²) in [5, 5.41) is 12.3. The SMILES string of the molecule is CC1(C)CCc2c1nc1sc(C(=O)O)c(N)c1c2-c1sccc1Br. The smallest absolute Gasteiger partial charge is 0.348 e. The molecule has 0 atom stereocenters. The number of nitrogens with zero attached hydrogens (tertiary/aromatic N) is 1. The zero-order chi connectivity index (χ0) is 17.2. The molecule has 4 nitrogen and oxygen atoms in total. The number of fused-ring (bicyclic) bond motifs is 2.